The van der Waals surface area contributed by atoms with Crippen LogP contribution in [-0.2, 0) is 11.3 Å². The van der Waals surface area contributed by atoms with E-state index in [1.165, 1.54) is 0 Å². The van der Waals surface area contributed by atoms with Crippen LogP contribution in [0.5, 0.6) is 5.75 Å². The van der Waals surface area contributed by atoms with Gasteiger partial charge in [-0.2, -0.15) is 0 Å². The van der Waals surface area contributed by atoms with Crippen LogP contribution in [0.1, 0.15) is 12.6 Å². The Kier molecular flexibility index (Phi) is 7.32. The number of pyridine rings is 1. The van der Waals surface area contributed by atoms with Crippen LogP contribution in [0.2, 0.25) is 0 Å². The molecule has 1 unspecified atom stereocenters. The highest BCUT2D eigenvalue weighted by Crippen LogP contribution is 2.10. The van der Waals surface area contributed by atoms with Crippen molar-refractivity contribution < 1.29 is 14.6 Å². The highest BCUT2D eigenvalue weighted by Gasteiger charge is 2.02. The molecule has 1 heterocycles. The van der Waals surface area contributed by atoms with E-state index in [1.807, 2.05) is 19.1 Å². The van der Waals surface area contributed by atoms with Crippen molar-refractivity contribution in [2.45, 2.75) is 13.5 Å². The SMILES string of the molecule is COCCNCc1ccc(OCC(C)CO)cn1. The number of methoxy groups -OCH3 is 1. The molecule has 5 heteroatoms. The van der Waals surface area contributed by atoms with E-state index >= 15 is 0 Å². The van der Waals surface area contributed by atoms with E-state index in [2.05, 4.69) is 10.3 Å². The van der Waals surface area contributed by atoms with Gasteiger partial charge in [0.15, 0.2) is 0 Å². The van der Waals surface area contributed by atoms with Gasteiger partial charge in [-0.25, -0.2) is 0 Å². The van der Waals surface area contributed by atoms with Gasteiger partial charge >= 0.3 is 0 Å². The molecule has 102 valence electrons. The molecule has 0 aliphatic carbocycles. The second kappa shape index (κ2) is 8.85. The lowest BCUT2D eigenvalue weighted by molar-refractivity contribution is 0.174. The van der Waals surface area contributed by atoms with E-state index < -0.39 is 0 Å². The predicted molar refractivity (Wildman–Crippen MR) is 69.6 cm³/mol. The summed E-state index contributed by atoms with van der Waals surface area (Å²) in [6.07, 6.45) is 1.71. The minimum absolute atomic E-state index is 0.134. The number of nitrogens with one attached hydrogen (secondary N) is 1. The average Bonchev–Trinajstić information content (AvgIpc) is 2.42. The van der Waals surface area contributed by atoms with Crippen molar-refractivity contribution >= 4 is 0 Å². The Morgan fingerprint density at radius 3 is 2.89 bits per heavy atom. The summed E-state index contributed by atoms with van der Waals surface area (Å²) in [5.41, 5.74) is 0.966. The van der Waals surface area contributed by atoms with Crippen molar-refractivity contribution in [2.24, 2.45) is 5.92 Å². The molecule has 0 spiro atoms. The highest BCUT2D eigenvalue weighted by molar-refractivity contribution is 5.19. The smallest absolute Gasteiger partial charge is 0.137 e. The number of hydrogen-bond acceptors (Lipinski definition) is 5. The third-order valence-electron chi connectivity index (χ3n) is 2.43. The molecule has 0 saturated heterocycles. The van der Waals surface area contributed by atoms with Gasteiger partial charge in [0.05, 0.1) is 25.1 Å². The molecule has 1 aromatic rings. The van der Waals surface area contributed by atoms with Gasteiger partial charge in [-0.05, 0) is 12.1 Å². The minimum Gasteiger partial charge on any atom is -0.492 e. The summed E-state index contributed by atoms with van der Waals surface area (Å²) in [5, 5.41) is 12.1. The molecule has 1 atom stereocenters. The average molecular weight is 254 g/mol. The summed E-state index contributed by atoms with van der Waals surface area (Å²) in [4.78, 5) is 4.29. The summed E-state index contributed by atoms with van der Waals surface area (Å²) in [6, 6.07) is 3.82. The molecular formula is C13H22N2O3. The molecule has 1 rings (SSSR count). The predicted octanol–water partition coefficient (Wildman–Crippen LogP) is 0.825. The maximum atomic E-state index is 8.88. The van der Waals surface area contributed by atoms with Crippen LogP contribution >= 0.6 is 0 Å². The lowest BCUT2D eigenvalue weighted by atomic mass is 10.2. The van der Waals surface area contributed by atoms with Crippen molar-refractivity contribution in [3.63, 3.8) is 0 Å². The van der Waals surface area contributed by atoms with Gasteiger partial charge in [0.2, 0.25) is 0 Å². The van der Waals surface area contributed by atoms with Crippen molar-refractivity contribution in [1.82, 2.24) is 10.3 Å². The number of rotatable bonds is 9. The van der Waals surface area contributed by atoms with Crippen LogP contribution in [0.25, 0.3) is 0 Å². The summed E-state index contributed by atoms with van der Waals surface area (Å²) >= 11 is 0. The minimum atomic E-state index is 0.134. The van der Waals surface area contributed by atoms with Gasteiger partial charge in [0, 0.05) is 32.7 Å². The lowest BCUT2D eigenvalue weighted by Crippen LogP contribution is -2.19. The Balaban J connectivity index is 2.28. The highest BCUT2D eigenvalue weighted by atomic mass is 16.5. The Hall–Kier alpha value is -1.17. The van der Waals surface area contributed by atoms with Gasteiger partial charge in [-0.3, -0.25) is 4.98 Å². The molecule has 0 bridgehead atoms. The van der Waals surface area contributed by atoms with Gasteiger partial charge in [0.1, 0.15) is 5.75 Å². The molecule has 0 aliphatic rings. The maximum Gasteiger partial charge on any atom is 0.137 e. The van der Waals surface area contributed by atoms with E-state index in [4.69, 9.17) is 14.6 Å². The molecule has 0 radical (unpaired) electrons. The lowest BCUT2D eigenvalue weighted by Gasteiger charge is -2.10. The van der Waals surface area contributed by atoms with E-state index in [9.17, 15) is 0 Å². The Morgan fingerprint density at radius 2 is 2.28 bits per heavy atom. The number of hydrogen-bond donors (Lipinski definition) is 2. The Morgan fingerprint density at radius 1 is 1.44 bits per heavy atom. The second-order valence-corrected chi connectivity index (χ2v) is 4.25. The fraction of sp³-hybridized carbons (Fsp3) is 0.615. The largest absolute Gasteiger partial charge is 0.492 e. The number of nitrogens with zero attached hydrogens (tertiary/aromatic N) is 1. The topological polar surface area (TPSA) is 63.6 Å². The van der Waals surface area contributed by atoms with Gasteiger partial charge < -0.3 is 19.9 Å². The normalized spacial score (nSPS) is 12.4. The third-order valence-corrected chi connectivity index (χ3v) is 2.43. The first kappa shape index (κ1) is 14.9. The first-order chi connectivity index (χ1) is 8.76. The van der Waals surface area contributed by atoms with Gasteiger partial charge in [-0.1, -0.05) is 6.92 Å². The zero-order valence-corrected chi connectivity index (χ0v) is 11.1. The monoisotopic (exact) mass is 254 g/mol. The van der Waals surface area contributed by atoms with Crippen LogP contribution in [0, 0.1) is 5.92 Å². The second-order valence-electron chi connectivity index (χ2n) is 4.25. The van der Waals surface area contributed by atoms with Crippen LogP contribution < -0.4 is 10.1 Å². The summed E-state index contributed by atoms with van der Waals surface area (Å²) in [7, 11) is 1.68. The standard InChI is InChI=1S/C13H22N2O3/c1-11(9-16)10-18-13-4-3-12(15-8-13)7-14-5-6-17-2/h3-4,8,11,14,16H,5-7,9-10H2,1-2H3. The molecule has 2 N–H and O–H groups in total. The van der Waals surface area contributed by atoms with Crippen molar-refractivity contribution in [3.05, 3.63) is 24.0 Å². The quantitative estimate of drug-likeness (QED) is 0.639. The Bertz CT molecular complexity index is 317. The van der Waals surface area contributed by atoms with Crippen LogP contribution in [0.4, 0.5) is 0 Å². The molecule has 0 amide bonds. The number of aromatic nitrogens is 1. The number of aliphatic hydroxyl groups excluding tert-OH is 1. The third kappa shape index (κ3) is 5.95. The van der Waals surface area contributed by atoms with E-state index in [1.54, 1.807) is 13.3 Å². The number of aliphatic hydroxyl groups is 1. The molecular weight excluding hydrogens is 232 g/mol. The fourth-order valence-corrected chi connectivity index (χ4v) is 1.28. The zero-order chi connectivity index (χ0) is 13.2. The van der Waals surface area contributed by atoms with Gasteiger partial charge in [0.25, 0.3) is 0 Å². The van der Waals surface area contributed by atoms with Crippen LogP contribution in [-0.4, -0.2) is 43.6 Å². The van der Waals surface area contributed by atoms with E-state index in [0.29, 0.717) is 13.2 Å². The first-order valence-electron chi connectivity index (χ1n) is 6.14. The molecule has 0 aliphatic heterocycles. The van der Waals surface area contributed by atoms with E-state index in [0.717, 1.165) is 24.5 Å². The van der Waals surface area contributed by atoms with Crippen LogP contribution in [0.15, 0.2) is 18.3 Å². The molecule has 1 aromatic heterocycles. The summed E-state index contributed by atoms with van der Waals surface area (Å²) in [6.45, 7) is 4.79. The van der Waals surface area contributed by atoms with E-state index in [-0.39, 0.29) is 12.5 Å². The summed E-state index contributed by atoms with van der Waals surface area (Å²) < 4.78 is 10.4. The van der Waals surface area contributed by atoms with Crippen molar-refractivity contribution in [1.29, 1.82) is 0 Å². The molecule has 5 nitrogen and oxygen atoms in total. The maximum absolute atomic E-state index is 8.88. The van der Waals surface area contributed by atoms with Gasteiger partial charge in [-0.15, -0.1) is 0 Å². The van der Waals surface area contributed by atoms with Crippen LogP contribution in [0.3, 0.4) is 0 Å². The first-order valence-corrected chi connectivity index (χ1v) is 6.14. The zero-order valence-electron chi connectivity index (χ0n) is 11.1. The van der Waals surface area contributed by atoms with Crippen molar-refractivity contribution in [2.75, 3.05) is 33.5 Å². The summed E-state index contributed by atoms with van der Waals surface area (Å²) in [5.74, 6) is 0.872. The molecule has 0 saturated carbocycles. The molecule has 18 heavy (non-hydrogen) atoms. The molecule has 0 aromatic carbocycles. The molecule has 0 fully saturated rings. The number of ether oxygens (including phenoxy) is 2. The fourth-order valence-electron chi connectivity index (χ4n) is 1.28. The Labute approximate surface area is 108 Å². The van der Waals surface area contributed by atoms with Crippen molar-refractivity contribution in [3.8, 4) is 5.75 Å².